The standard InChI is InChI=1S/C15H17ClN2/c16-12-5-3-11-4-6-14(18-13(11)9-12)15(10-17)7-1-2-8-15/h3-6,9H,1-2,7-8,10,17H2. The van der Waals surface area contributed by atoms with Crippen LogP contribution in [0, 0.1) is 0 Å². The number of nitrogens with zero attached hydrogens (tertiary/aromatic N) is 1. The molecule has 1 aliphatic rings. The summed E-state index contributed by atoms with van der Waals surface area (Å²) in [5.41, 5.74) is 8.21. The maximum atomic E-state index is 6.03. The fraction of sp³-hybridized carbons (Fsp3) is 0.400. The molecule has 0 aliphatic heterocycles. The first-order valence-corrected chi connectivity index (χ1v) is 6.88. The van der Waals surface area contributed by atoms with Crippen molar-refractivity contribution in [2.75, 3.05) is 6.54 Å². The zero-order chi connectivity index (χ0) is 12.6. The number of aromatic nitrogens is 1. The summed E-state index contributed by atoms with van der Waals surface area (Å²) < 4.78 is 0. The minimum atomic E-state index is 0.0938. The van der Waals surface area contributed by atoms with Crippen molar-refractivity contribution in [3.63, 3.8) is 0 Å². The molecule has 0 bridgehead atoms. The second kappa shape index (κ2) is 4.52. The molecule has 0 atom stereocenters. The monoisotopic (exact) mass is 260 g/mol. The molecule has 0 amide bonds. The van der Waals surface area contributed by atoms with E-state index in [1.807, 2.05) is 18.2 Å². The van der Waals surface area contributed by atoms with Crippen molar-refractivity contribution in [2.45, 2.75) is 31.1 Å². The quantitative estimate of drug-likeness (QED) is 0.895. The van der Waals surface area contributed by atoms with Gasteiger partial charge in [0.1, 0.15) is 0 Å². The van der Waals surface area contributed by atoms with Crippen molar-refractivity contribution in [1.82, 2.24) is 4.98 Å². The van der Waals surface area contributed by atoms with E-state index in [9.17, 15) is 0 Å². The highest BCUT2D eigenvalue weighted by Gasteiger charge is 2.35. The lowest BCUT2D eigenvalue weighted by Crippen LogP contribution is -2.32. The molecule has 94 valence electrons. The fourth-order valence-electron chi connectivity index (χ4n) is 3.00. The lowest BCUT2D eigenvalue weighted by atomic mass is 9.82. The van der Waals surface area contributed by atoms with Gasteiger partial charge in [-0.3, -0.25) is 4.98 Å². The van der Waals surface area contributed by atoms with Crippen LogP contribution in [-0.4, -0.2) is 11.5 Å². The van der Waals surface area contributed by atoms with Gasteiger partial charge in [0.2, 0.25) is 0 Å². The maximum absolute atomic E-state index is 6.03. The second-order valence-electron chi connectivity index (χ2n) is 5.23. The van der Waals surface area contributed by atoms with Crippen LogP contribution in [0.15, 0.2) is 30.3 Å². The molecule has 2 nitrogen and oxygen atoms in total. The van der Waals surface area contributed by atoms with Gasteiger partial charge in [0.05, 0.1) is 5.52 Å². The Morgan fingerprint density at radius 1 is 1.17 bits per heavy atom. The fourth-order valence-corrected chi connectivity index (χ4v) is 3.17. The molecule has 2 N–H and O–H groups in total. The largest absolute Gasteiger partial charge is 0.330 e. The number of halogens is 1. The van der Waals surface area contributed by atoms with E-state index in [1.54, 1.807) is 0 Å². The molecule has 2 aromatic rings. The van der Waals surface area contributed by atoms with Crippen LogP contribution < -0.4 is 5.73 Å². The summed E-state index contributed by atoms with van der Waals surface area (Å²) >= 11 is 6.03. The number of benzene rings is 1. The first-order chi connectivity index (χ1) is 8.73. The van der Waals surface area contributed by atoms with E-state index in [0.717, 1.165) is 34.5 Å². The summed E-state index contributed by atoms with van der Waals surface area (Å²) in [5.74, 6) is 0. The van der Waals surface area contributed by atoms with Crippen LogP contribution in [0.2, 0.25) is 5.02 Å². The highest BCUT2D eigenvalue weighted by atomic mass is 35.5. The Morgan fingerprint density at radius 3 is 2.61 bits per heavy atom. The third-order valence-corrected chi connectivity index (χ3v) is 4.38. The molecule has 0 spiro atoms. The lowest BCUT2D eigenvalue weighted by Gasteiger charge is -2.26. The Hall–Kier alpha value is -1.12. The molecule has 1 heterocycles. The van der Waals surface area contributed by atoms with Crippen molar-refractivity contribution in [1.29, 1.82) is 0 Å². The first kappa shape index (κ1) is 11.9. The van der Waals surface area contributed by atoms with Gasteiger partial charge in [0, 0.05) is 28.1 Å². The number of hydrogen-bond donors (Lipinski definition) is 1. The normalized spacial score (nSPS) is 18.3. The van der Waals surface area contributed by atoms with E-state index >= 15 is 0 Å². The predicted octanol–water partition coefficient (Wildman–Crippen LogP) is 3.66. The van der Waals surface area contributed by atoms with Crippen molar-refractivity contribution in [3.8, 4) is 0 Å². The van der Waals surface area contributed by atoms with Crippen molar-refractivity contribution >= 4 is 22.5 Å². The van der Waals surface area contributed by atoms with Crippen LogP contribution in [0.25, 0.3) is 10.9 Å². The van der Waals surface area contributed by atoms with Crippen molar-refractivity contribution < 1.29 is 0 Å². The van der Waals surface area contributed by atoms with Gasteiger partial charge in [0.25, 0.3) is 0 Å². The molecule has 1 aromatic heterocycles. The van der Waals surface area contributed by atoms with Crippen LogP contribution >= 0.6 is 11.6 Å². The summed E-state index contributed by atoms with van der Waals surface area (Å²) in [5, 5.41) is 1.87. The van der Waals surface area contributed by atoms with Crippen LogP contribution in [0.1, 0.15) is 31.4 Å². The number of hydrogen-bond acceptors (Lipinski definition) is 2. The zero-order valence-electron chi connectivity index (χ0n) is 10.3. The summed E-state index contributed by atoms with van der Waals surface area (Å²) in [6.45, 7) is 0.687. The zero-order valence-corrected chi connectivity index (χ0v) is 11.1. The Balaban J connectivity index is 2.12. The number of nitrogens with two attached hydrogens (primary N) is 1. The molecule has 18 heavy (non-hydrogen) atoms. The molecule has 0 unspecified atom stereocenters. The van der Waals surface area contributed by atoms with E-state index in [0.29, 0.717) is 6.54 Å². The molecule has 1 aliphatic carbocycles. The SMILES string of the molecule is NCC1(c2ccc3ccc(Cl)cc3n2)CCCC1. The Bertz CT molecular complexity index is 574. The van der Waals surface area contributed by atoms with Crippen LogP contribution in [0.3, 0.4) is 0 Å². The third kappa shape index (κ3) is 1.90. The van der Waals surface area contributed by atoms with E-state index in [2.05, 4.69) is 12.1 Å². The molecule has 1 fully saturated rings. The van der Waals surface area contributed by atoms with Gasteiger partial charge in [-0.25, -0.2) is 0 Å². The van der Waals surface area contributed by atoms with E-state index in [4.69, 9.17) is 22.3 Å². The molecule has 1 aromatic carbocycles. The molecular formula is C15H17ClN2. The van der Waals surface area contributed by atoms with E-state index in [-0.39, 0.29) is 5.41 Å². The Labute approximate surface area is 112 Å². The summed E-state index contributed by atoms with van der Waals surface area (Å²) in [6.07, 6.45) is 4.82. The molecular weight excluding hydrogens is 244 g/mol. The molecule has 3 rings (SSSR count). The Morgan fingerprint density at radius 2 is 1.89 bits per heavy atom. The topological polar surface area (TPSA) is 38.9 Å². The number of fused-ring (bicyclic) bond motifs is 1. The van der Waals surface area contributed by atoms with Gasteiger partial charge in [-0.05, 0) is 31.0 Å². The van der Waals surface area contributed by atoms with Gasteiger partial charge in [-0.15, -0.1) is 0 Å². The molecule has 0 radical (unpaired) electrons. The third-order valence-electron chi connectivity index (χ3n) is 4.15. The van der Waals surface area contributed by atoms with E-state index < -0.39 is 0 Å². The van der Waals surface area contributed by atoms with Crippen LogP contribution in [-0.2, 0) is 5.41 Å². The summed E-state index contributed by atoms with van der Waals surface area (Å²) in [4.78, 5) is 4.80. The highest BCUT2D eigenvalue weighted by Crippen LogP contribution is 2.39. The van der Waals surface area contributed by atoms with Crippen molar-refractivity contribution in [3.05, 3.63) is 41.0 Å². The lowest BCUT2D eigenvalue weighted by molar-refractivity contribution is 0.441. The van der Waals surface area contributed by atoms with Crippen LogP contribution in [0.5, 0.6) is 0 Å². The average Bonchev–Trinajstić information content (AvgIpc) is 2.88. The number of rotatable bonds is 2. The van der Waals surface area contributed by atoms with Gasteiger partial charge in [-0.2, -0.15) is 0 Å². The molecule has 0 saturated heterocycles. The minimum absolute atomic E-state index is 0.0938. The average molecular weight is 261 g/mol. The maximum Gasteiger partial charge on any atom is 0.0720 e. The first-order valence-electron chi connectivity index (χ1n) is 6.50. The molecule has 3 heteroatoms. The summed E-state index contributed by atoms with van der Waals surface area (Å²) in [6, 6.07) is 10.1. The van der Waals surface area contributed by atoms with Gasteiger partial charge in [-0.1, -0.05) is 36.6 Å². The number of pyridine rings is 1. The predicted molar refractivity (Wildman–Crippen MR) is 76.0 cm³/mol. The highest BCUT2D eigenvalue weighted by molar-refractivity contribution is 6.31. The minimum Gasteiger partial charge on any atom is -0.330 e. The summed E-state index contributed by atoms with van der Waals surface area (Å²) in [7, 11) is 0. The van der Waals surface area contributed by atoms with E-state index in [1.165, 1.54) is 12.8 Å². The smallest absolute Gasteiger partial charge is 0.0720 e. The van der Waals surface area contributed by atoms with Gasteiger partial charge < -0.3 is 5.73 Å². The van der Waals surface area contributed by atoms with Gasteiger partial charge in [0.15, 0.2) is 0 Å². The molecule has 1 saturated carbocycles. The Kier molecular flexibility index (Phi) is 3.00. The van der Waals surface area contributed by atoms with Crippen molar-refractivity contribution in [2.24, 2.45) is 5.73 Å². The van der Waals surface area contributed by atoms with Gasteiger partial charge >= 0.3 is 0 Å². The van der Waals surface area contributed by atoms with Crippen LogP contribution in [0.4, 0.5) is 0 Å². The second-order valence-corrected chi connectivity index (χ2v) is 5.66.